The van der Waals surface area contributed by atoms with Crippen molar-refractivity contribution in [3.63, 3.8) is 0 Å². The van der Waals surface area contributed by atoms with Crippen LogP contribution in [0, 0.1) is 6.92 Å². The smallest absolute Gasteiger partial charge is 0.311 e. The minimum Gasteiger partial charge on any atom is -0.481 e. The summed E-state index contributed by atoms with van der Waals surface area (Å²) in [5, 5.41) is 10.5. The Labute approximate surface area is 113 Å². The highest BCUT2D eigenvalue weighted by molar-refractivity contribution is 5.90. The van der Waals surface area contributed by atoms with Crippen LogP contribution in [0.4, 0.5) is 0 Å². The summed E-state index contributed by atoms with van der Waals surface area (Å²) in [5.74, 6) is -1.21. The van der Waals surface area contributed by atoms with Crippen molar-refractivity contribution in [3.05, 3.63) is 35.5 Å². The molecule has 4 nitrogen and oxygen atoms in total. The fourth-order valence-electron chi connectivity index (χ4n) is 2.53. The lowest BCUT2D eigenvalue weighted by molar-refractivity contribution is -0.139. The van der Waals surface area contributed by atoms with Gasteiger partial charge in [0, 0.05) is 16.6 Å². The summed E-state index contributed by atoms with van der Waals surface area (Å²) in [4.78, 5) is 16.9. The van der Waals surface area contributed by atoms with Crippen LogP contribution in [0.5, 0.6) is 0 Å². The fourth-order valence-corrected chi connectivity index (χ4v) is 2.53. The van der Waals surface area contributed by atoms with Gasteiger partial charge in [0.15, 0.2) is 0 Å². The van der Waals surface area contributed by atoms with Gasteiger partial charge in [-0.05, 0) is 45.6 Å². The summed E-state index contributed by atoms with van der Waals surface area (Å²) >= 11 is 0. The molecule has 1 unspecified atom stereocenters. The first-order chi connectivity index (χ1) is 9.00. The third-order valence-corrected chi connectivity index (χ3v) is 3.45. The highest BCUT2D eigenvalue weighted by Crippen LogP contribution is 2.31. The van der Waals surface area contributed by atoms with E-state index < -0.39 is 11.9 Å². The van der Waals surface area contributed by atoms with E-state index >= 15 is 0 Å². The number of carbonyl (C=O) groups is 1. The topological polar surface area (TPSA) is 56.3 Å². The molecule has 102 valence electrons. The molecule has 2 rings (SSSR count). The number of aryl methyl sites for hydroxylation is 1. The van der Waals surface area contributed by atoms with Gasteiger partial charge in [-0.15, -0.1) is 0 Å². The Bertz CT molecular complexity index is 587. The zero-order valence-electron chi connectivity index (χ0n) is 11.6. The van der Waals surface area contributed by atoms with E-state index in [-0.39, 0.29) is 0 Å². The Kier molecular flexibility index (Phi) is 3.90. The largest absolute Gasteiger partial charge is 0.481 e. The molecule has 0 amide bonds. The summed E-state index contributed by atoms with van der Waals surface area (Å²) in [6, 6.07) is 7.87. The maximum Gasteiger partial charge on any atom is 0.311 e. The van der Waals surface area contributed by atoms with Crippen molar-refractivity contribution in [1.29, 1.82) is 0 Å². The lowest BCUT2D eigenvalue weighted by Gasteiger charge is -2.16. The van der Waals surface area contributed by atoms with Crippen LogP contribution >= 0.6 is 0 Å². The molecule has 1 heterocycles. The number of benzene rings is 1. The number of para-hydroxylation sites is 1. The van der Waals surface area contributed by atoms with E-state index in [4.69, 9.17) is 0 Å². The Morgan fingerprint density at radius 1 is 1.37 bits per heavy atom. The molecule has 2 N–H and O–H groups in total. The maximum atomic E-state index is 11.6. The van der Waals surface area contributed by atoms with Crippen LogP contribution in [0.2, 0.25) is 0 Å². The van der Waals surface area contributed by atoms with Gasteiger partial charge in [0.05, 0.1) is 5.92 Å². The van der Waals surface area contributed by atoms with Crippen molar-refractivity contribution in [3.8, 4) is 0 Å². The Morgan fingerprint density at radius 3 is 2.68 bits per heavy atom. The van der Waals surface area contributed by atoms with Gasteiger partial charge in [0.1, 0.15) is 0 Å². The highest BCUT2D eigenvalue weighted by atomic mass is 16.4. The number of nitrogens with one attached hydrogen (secondary N) is 1. The number of carboxylic acid groups (broad SMARTS) is 1. The predicted octanol–water partition coefficient (Wildman–Crippen LogP) is 2.60. The Morgan fingerprint density at radius 2 is 2.05 bits per heavy atom. The van der Waals surface area contributed by atoms with Gasteiger partial charge in [-0.3, -0.25) is 4.79 Å². The first-order valence-electron chi connectivity index (χ1n) is 6.45. The Hall–Kier alpha value is -1.81. The number of fused-ring (bicyclic) bond motifs is 1. The van der Waals surface area contributed by atoms with Crippen molar-refractivity contribution >= 4 is 16.9 Å². The molecule has 0 radical (unpaired) electrons. The molecule has 1 aromatic carbocycles. The van der Waals surface area contributed by atoms with Crippen molar-refractivity contribution in [2.45, 2.75) is 19.3 Å². The van der Waals surface area contributed by atoms with E-state index in [1.165, 1.54) is 0 Å². The molecular formula is C15H20N2O2. The van der Waals surface area contributed by atoms with Crippen LogP contribution < -0.4 is 0 Å². The van der Waals surface area contributed by atoms with Crippen molar-refractivity contribution in [2.24, 2.45) is 0 Å². The third-order valence-electron chi connectivity index (χ3n) is 3.45. The number of aromatic nitrogens is 1. The fraction of sp³-hybridized carbons (Fsp3) is 0.400. The molecule has 0 aliphatic heterocycles. The lowest BCUT2D eigenvalue weighted by atomic mass is 9.93. The van der Waals surface area contributed by atoms with E-state index in [2.05, 4.69) is 4.98 Å². The molecule has 0 aliphatic rings. The molecule has 1 aromatic heterocycles. The third kappa shape index (κ3) is 2.79. The summed E-state index contributed by atoms with van der Waals surface area (Å²) in [5.41, 5.74) is 2.88. The van der Waals surface area contributed by atoms with E-state index in [0.717, 1.165) is 28.7 Å². The van der Waals surface area contributed by atoms with Gasteiger partial charge >= 0.3 is 5.97 Å². The molecule has 0 saturated carbocycles. The molecule has 4 heteroatoms. The number of aromatic amines is 1. The van der Waals surface area contributed by atoms with Crippen LogP contribution in [0.15, 0.2) is 24.3 Å². The normalized spacial score (nSPS) is 13.1. The van der Waals surface area contributed by atoms with Crippen LogP contribution in [-0.2, 0) is 4.79 Å². The number of carboxylic acids is 1. The van der Waals surface area contributed by atoms with E-state index in [1.807, 2.05) is 50.2 Å². The van der Waals surface area contributed by atoms with Gasteiger partial charge in [-0.2, -0.15) is 0 Å². The molecule has 19 heavy (non-hydrogen) atoms. The summed E-state index contributed by atoms with van der Waals surface area (Å²) in [7, 11) is 3.92. The van der Waals surface area contributed by atoms with E-state index in [0.29, 0.717) is 6.42 Å². The summed E-state index contributed by atoms with van der Waals surface area (Å²) in [6.07, 6.45) is 0.616. The first kappa shape index (κ1) is 13.6. The second kappa shape index (κ2) is 5.45. The van der Waals surface area contributed by atoms with Crippen LogP contribution in [-0.4, -0.2) is 41.6 Å². The second-order valence-electron chi connectivity index (χ2n) is 5.19. The minimum absolute atomic E-state index is 0.460. The number of hydrogen-bond acceptors (Lipinski definition) is 2. The predicted molar refractivity (Wildman–Crippen MR) is 76.6 cm³/mol. The zero-order valence-corrected chi connectivity index (χ0v) is 11.6. The molecule has 0 spiro atoms. The zero-order chi connectivity index (χ0) is 14.0. The quantitative estimate of drug-likeness (QED) is 0.868. The van der Waals surface area contributed by atoms with Gasteiger partial charge in [0.25, 0.3) is 0 Å². The number of nitrogens with zero attached hydrogens (tertiary/aromatic N) is 1. The molecule has 0 bridgehead atoms. The van der Waals surface area contributed by atoms with E-state index in [1.54, 1.807) is 0 Å². The van der Waals surface area contributed by atoms with Gasteiger partial charge in [-0.25, -0.2) is 0 Å². The van der Waals surface area contributed by atoms with Crippen LogP contribution in [0.1, 0.15) is 23.6 Å². The van der Waals surface area contributed by atoms with Crippen molar-refractivity contribution in [2.75, 3.05) is 20.6 Å². The second-order valence-corrected chi connectivity index (χ2v) is 5.19. The Balaban J connectivity index is 2.44. The van der Waals surface area contributed by atoms with Crippen molar-refractivity contribution < 1.29 is 9.90 Å². The average molecular weight is 260 g/mol. The number of aliphatic carboxylic acids is 1. The van der Waals surface area contributed by atoms with Crippen LogP contribution in [0.25, 0.3) is 10.9 Å². The van der Waals surface area contributed by atoms with Gasteiger partial charge < -0.3 is 15.0 Å². The summed E-state index contributed by atoms with van der Waals surface area (Å²) < 4.78 is 0. The molecule has 1 atom stereocenters. The first-order valence-corrected chi connectivity index (χ1v) is 6.45. The van der Waals surface area contributed by atoms with E-state index in [9.17, 15) is 9.90 Å². The van der Waals surface area contributed by atoms with Gasteiger partial charge in [0.2, 0.25) is 0 Å². The number of H-pyrrole nitrogens is 1. The maximum absolute atomic E-state index is 11.6. The standard InChI is InChI=1S/C15H20N2O2/c1-10-14(11-6-4-5-7-13(11)16-10)12(15(18)19)8-9-17(2)3/h4-7,12,16H,8-9H2,1-3H3,(H,18,19). The molecule has 0 aliphatic carbocycles. The van der Waals surface area contributed by atoms with Gasteiger partial charge in [-0.1, -0.05) is 18.2 Å². The van der Waals surface area contributed by atoms with Crippen molar-refractivity contribution in [1.82, 2.24) is 9.88 Å². The average Bonchev–Trinajstić information content (AvgIpc) is 2.66. The molecular weight excluding hydrogens is 240 g/mol. The lowest BCUT2D eigenvalue weighted by Crippen LogP contribution is -2.20. The number of rotatable bonds is 5. The minimum atomic E-state index is -0.755. The molecule has 0 saturated heterocycles. The summed E-state index contributed by atoms with van der Waals surface area (Å²) in [6.45, 7) is 2.71. The van der Waals surface area contributed by atoms with Crippen LogP contribution in [0.3, 0.4) is 0 Å². The number of hydrogen-bond donors (Lipinski definition) is 2. The monoisotopic (exact) mass is 260 g/mol. The molecule has 2 aromatic rings. The SMILES string of the molecule is Cc1[nH]c2ccccc2c1C(CCN(C)C)C(=O)O. The molecule has 0 fully saturated rings. The highest BCUT2D eigenvalue weighted by Gasteiger charge is 2.25.